The van der Waals surface area contributed by atoms with Crippen molar-refractivity contribution in [2.45, 2.75) is 13.3 Å². The SMILES string of the molecule is CC1C=Cc2c(n(-c3ccc(-c4cc(-c5ccccc5)nc(-c5ccccc5)n4)c(-n4c5ccccc5c5ccccc54)c3)c3ccccc23)C1. The summed E-state index contributed by atoms with van der Waals surface area (Å²) in [6.45, 7) is 2.30. The Hall–Kier alpha value is -6.52. The lowest BCUT2D eigenvalue weighted by atomic mass is 9.95. The summed E-state index contributed by atoms with van der Waals surface area (Å²) in [4.78, 5) is 10.4. The number of hydrogen-bond acceptors (Lipinski definition) is 2. The van der Waals surface area contributed by atoms with Crippen molar-refractivity contribution in [1.82, 2.24) is 19.1 Å². The van der Waals surface area contributed by atoms with Crippen molar-refractivity contribution in [1.29, 1.82) is 0 Å². The molecular weight excluding hydrogens is 621 g/mol. The van der Waals surface area contributed by atoms with Gasteiger partial charge in [-0.2, -0.15) is 0 Å². The van der Waals surface area contributed by atoms with Crippen LogP contribution in [0.2, 0.25) is 0 Å². The fourth-order valence-corrected chi connectivity index (χ4v) is 7.93. The molecule has 3 aromatic heterocycles. The first kappa shape index (κ1) is 29.4. The van der Waals surface area contributed by atoms with Crippen LogP contribution < -0.4 is 0 Å². The first-order valence-corrected chi connectivity index (χ1v) is 17.6. The second-order valence-electron chi connectivity index (χ2n) is 13.5. The van der Waals surface area contributed by atoms with Gasteiger partial charge in [0.05, 0.1) is 33.6 Å². The molecule has 51 heavy (non-hydrogen) atoms. The Balaban J connectivity index is 1.30. The molecule has 0 aliphatic heterocycles. The van der Waals surface area contributed by atoms with Crippen LogP contribution in [-0.4, -0.2) is 19.1 Å². The second kappa shape index (κ2) is 11.8. The van der Waals surface area contributed by atoms with E-state index in [4.69, 9.17) is 9.97 Å². The predicted octanol–water partition coefficient (Wildman–Crippen LogP) is 11.7. The Kier molecular flexibility index (Phi) is 6.81. The molecule has 1 aliphatic rings. The zero-order valence-corrected chi connectivity index (χ0v) is 28.2. The number of hydrogen-bond donors (Lipinski definition) is 0. The first-order valence-electron chi connectivity index (χ1n) is 17.6. The van der Waals surface area contributed by atoms with E-state index in [0.29, 0.717) is 11.7 Å². The van der Waals surface area contributed by atoms with Crippen LogP contribution in [0.3, 0.4) is 0 Å². The van der Waals surface area contributed by atoms with Gasteiger partial charge < -0.3 is 9.13 Å². The van der Waals surface area contributed by atoms with Crippen molar-refractivity contribution in [3.8, 4) is 45.3 Å². The summed E-state index contributed by atoms with van der Waals surface area (Å²) >= 11 is 0. The van der Waals surface area contributed by atoms with Gasteiger partial charge in [-0.25, -0.2) is 9.97 Å². The largest absolute Gasteiger partial charge is 0.313 e. The van der Waals surface area contributed by atoms with Gasteiger partial charge in [-0.05, 0) is 54.8 Å². The fraction of sp³-hybridized carbons (Fsp3) is 0.0638. The second-order valence-corrected chi connectivity index (χ2v) is 13.5. The molecule has 10 rings (SSSR count). The minimum atomic E-state index is 0.463. The monoisotopic (exact) mass is 654 g/mol. The molecule has 9 aromatic rings. The number of aromatic nitrogens is 4. The summed E-state index contributed by atoms with van der Waals surface area (Å²) in [5, 5.41) is 3.74. The predicted molar refractivity (Wildman–Crippen MR) is 211 cm³/mol. The molecule has 4 nitrogen and oxygen atoms in total. The fourth-order valence-electron chi connectivity index (χ4n) is 7.93. The van der Waals surface area contributed by atoms with Gasteiger partial charge in [-0.1, -0.05) is 134 Å². The Morgan fingerprint density at radius 1 is 0.529 bits per heavy atom. The molecule has 0 radical (unpaired) electrons. The topological polar surface area (TPSA) is 35.6 Å². The normalized spacial score (nSPS) is 14.0. The standard InChI is InChI=1S/C47H34N4/c1-31-24-26-38-37-20-8-11-21-42(37)50(45(38)28-31)34-25-27-39(46(29-34)51-43-22-12-9-18-35(43)36-19-10-13-23-44(36)51)41-30-40(32-14-4-2-5-15-32)48-47(49-41)33-16-6-3-7-17-33/h2-27,29-31H,28H2,1H3. The number of rotatable bonds is 5. The van der Waals surface area contributed by atoms with Gasteiger partial charge in [-0.3, -0.25) is 0 Å². The highest BCUT2D eigenvalue weighted by molar-refractivity contribution is 6.09. The molecule has 0 amide bonds. The molecule has 0 fully saturated rings. The highest BCUT2D eigenvalue weighted by atomic mass is 15.0. The van der Waals surface area contributed by atoms with Crippen molar-refractivity contribution in [3.63, 3.8) is 0 Å². The molecule has 242 valence electrons. The van der Waals surface area contributed by atoms with Gasteiger partial charge in [0.1, 0.15) is 0 Å². The quantitative estimate of drug-likeness (QED) is 0.185. The maximum Gasteiger partial charge on any atom is 0.160 e. The summed E-state index contributed by atoms with van der Waals surface area (Å²) in [5.74, 6) is 1.17. The van der Waals surface area contributed by atoms with Crippen LogP contribution in [0.4, 0.5) is 0 Å². The highest BCUT2D eigenvalue weighted by Crippen LogP contribution is 2.40. The van der Waals surface area contributed by atoms with Crippen molar-refractivity contribution in [2.75, 3.05) is 0 Å². The maximum atomic E-state index is 5.31. The summed E-state index contributed by atoms with van der Waals surface area (Å²) in [6, 6.07) is 56.0. The Morgan fingerprint density at radius 3 is 1.78 bits per heavy atom. The van der Waals surface area contributed by atoms with Gasteiger partial charge in [-0.15, -0.1) is 0 Å². The minimum absolute atomic E-state index is 0.463. The lowest BCUT2D eigenvalue weighted by Gasteiger charge is -2.20. The van der Waals surface area contributed by atoms with E-state index >= 15 is 0 Å². The van der Waals surface area contributed by atoms with E-state index in [9.17, 15) is 0 Å². The molecule has 0 saturated carbocycles. The molecule has 1 aliphatic carbocycles. The van der Waals surface area contributed by atoms with Gasteiger partial charge in [0.15, 0.2) is 5.82 Å². The molecule has 1 atom stereocenters. The van der Waals surface area contributed by atoms with E-state index in [1.165, 1.54) is 32.9 Å². The number of para-hydroxylation sites is 3. The van der Waals surface area contributed by atoms with E-state index in [0.717, 1.165) is 56.9 Å². The van der Waals surface area contributed by atoms with Gasteiger partial charge in [0.25, 0.3) is 0 Å². The minimum Gasteiger partial charge on any atom is -0.313 e. The Labute approximate surface area is 296 Å². The third kappa shape index (κ3) is 4.83. The lowest BCUT2D eigenvalue weighted by Crippen LogP contribution is -2.09. The Morgan fingerprint density at radius 2 is 1.10 bits per heavy atom. The number of allylic oxidation sites excluding steroid dienone is 1. The van der Waals surface area contributed by atoms with Crippen LogP contribution in [0.5, 0.6) is 0 Å². The number of nitrogens with zero attached hydrogens (tertiary/aromatic N) is 4. The smallest absolute Gasteiger partial charge is 0.160 e. The molecule has 0 saturated heterocycles. The average Bonchev–Trinajstić information content (AvgIpc) is 3.70. The summed E-state index contributed by atoms with van der Waals surface area (Å²) in [7, 11) is 0. The van der Waals surface area contributed by atoms with Gasteiger partial charge in [0.2, 0.25) is 0 Å². The van der Waals surface area contributed by atoms with Crippen LogP contribution in [-0.2, 0) is 6.42 Å². The molecule has 0 spiro atoms. The van der Waals surface area contributed by atoms with Crippen LogP contribution in [0, 0.1) is 5.92 Å². The third-order valence-electron chi connectivity index (χ3n) is 10.3. The van der Waals surface area contributed by atoms with E-state index in [1.54, 1.807) is 0 Å². The Bertz CT molecular complexity index is 2680. The lowest BCUT2D eigenvalue weighted by molar-refractivity contribution is 0.690. The van der Waals surface area contributed by atoms with Crippen molar-refractivity contribution >= 4 is 38.8 Å². The molecule has 4 heteroatoms. The maximum absolute atomic E-state index is 5.31. The molecule has 0 bridgehead atoms. The summed E-state index contributed by atoms with van der Waals surface area (Å²) in [6.07, 6.45) is 5.65. The van der Waals surface area contributed by atoms with Crippen LogP contribution in [0.25, 0.3) is 84.1 Å². The molecule has 6 aromatic carbocycles. The van der Waals surface area contributed by atoms with Crippen LogP contribution in [0.1, 0.15) is 18.2 Å². The molecule has 3 heterocycles. The van der Waals surface area contributed by atoms with E-state index < -0.39 is 0 Å². The van der Waals surface area contributed by atoms with Crippen molar-refractivity contribution in [3.05, 3.63) is 175 Å². The highest BCUT2D eigenvalue weighted by Gasteiger charge is 2.23. The van der Waals surface area contributed by atoms with E-state index in [1.807, 2.05) is 24.3 Å². The van der Waals surface area contributed by atoms with Gasteiger partial charge in [0, 0.05) is 49.8 Å². The molecule has 0 N–H and O–H groups in total. The summed E-state index contributed by atoms with van der Waals surface area (Å²) < 4.78 is 4.91. The molecular formula is C47H34N4. The van der Waals surface area contributed by atoms with E-state index in [2.05, 4.69) is 162 Å². The van der Waals surface area contributed by atoms with E-state index in [-0.39, 0.29) is 0 Å². The van der Waals surface area contributed by atoms with Gasteiger partial charge >= 0.3 is 0 Å². The van der Waals surface area contributed by atoms with Crippen LogP contribution >= 0.6 is 0 Å². The average molecular weight is 655 g/mol. The van der Waals surface area contributed by atoms with Crippen molar-refractivity contribution < 1.29 is 0 Å². The zero-order chi connectivity index (χ0) is 33.9. The zero-order valence-electron chi connectivity index (χ0n) is 28.2. The first-order chi connectivity index (χ1) is 25.2. The van der Waals surface area contributed by atoms with Crippen molar-refractivity contribution in [2.24, 2.45) is 5.92 Å². The number of benzene rings is 6. The van der Waals surface area contributed by atoms with Crippen LogP contribution in [0.15, 0.2) is 164 Å². The molecule has 1 unspecified atom stereocenters. The third-order valence-corrected chi connectivity index (χ3v) is 10.3. The summed E-state index contributed by atoms with van der Waals surface area (Å²) in [5.41, 5.74) is 13.3. The number of fused-ring (bicyclic) bond motifs is 6.